The summed E-state index contributed by atoms with van der Waals surface area (Å²) in [6.07, 6.45) is 1.35. The molecular formula is C20H25N3O5. The summed E-state index contributed by atoms with van der Waals surface area (Å²) in [6.45, 7) is 6.16. The first-order valence-corrected chi connectivity index (χ1v) is 9.42. The number of aromatic nitrogens is 2. The van der Waals surface area contributed by atoms with E-state index in [1.807, 2.05) is 32.0 Å². The maximum Gasteiger partial charge on any atom is 0.261 e. The van der Waals surface area contributed by atoms with Gasteiger partial charge in [-0.1, -0.05) is 12.1 Å². The molecule has 8 heteroatoms. The Labute approximate surface area is 163 Å². The number of carbonyl (C=O) groups is 1. The van der Waals surface area contributed by atoms with Gasteiger partial charge in [0, 0.05) is 39.0 Å². The van der Waals surface area contributed by atoms with Crippen LogP contribution in [0.5, 0.6) is 11.5 Å². The standard InChI is InChI=1S/C20H25N3O5/c1-12-21-22-19(27-12)15-8-14(25-4)10-23(15)17(24)11-26-16-7-5-6-13-9-20(2,3)28-18(13)16/h5-7,14-15H,8-11H2,1-4H3/t14-,15-/m1/s1. The number of para-hydroxylation sites is 1. The summed E-state index contributed by atoms with van der Waals surface area (Å²) in [5, 5.41) is 7.96. The van der Waals surface area contributed by atoms with Gasteiger partial charge in [-0.15, -0.1) is 10.2 Å². The number of benzene rings is 1. The van der Waals surface area contributed by atoms with Crippen LogP contribution in [0.3, 0.4) is 0 Å². The number of hydrogen-bond donors (Lipinski definition) is 0. The highest BCUT2D eigenvalue weighted by atomic mass is 16.5. The van der Waals surface area contributed by atoms with Crippen LogP contribution in [0.15, 0.2) is 22.6 Å². The zero-order valence-electron chi connectivity index (χ0n) is 16.6. The Balaban J connectivity index is 1.47. The molecular weight excluding hydrogens is 362 g/mol. The predicted octanol–water partition coefficient (Wildman–Crippen LogP) is 2.46. The summed E-state index contributed by atoms with van der Waals surface area (Å²) >= 11 is 0. The Morgan fingerprint density at radius 2 is 2.18 bits per heavy atom. The molecule has 2 atom stereocenters. The van der Waals surface area contributed by atoms with Gasteiger partial charge in [0.15, 0.2) is 18.1 Å². The van der Waals surface area contributed by atoms with Crippen molar-refractivity contribution >= 4 is 5.91 Å². The minimum atomic E-state index is -0.307. The third-order valence-corrected chi connectivity index (χ3v) is 5.15. The van der Waals surface area contributed by atoms with E-state index >= 15 is 0 Å². The fourth-order valence-corrected chi connectivity index (χ4v) is 3.85. The topological polar surface area (TPSA) is 86.9 Å². The van der Waals surface area contributed by atoms with E-state index in [1.165, 1.54) is 0 Å². The number of ether oxygens (including phenoxy) is 3. The summed E-state index contributed by atoms with van der Waals surface area (Å²) < 4.78 is 22.9. The normalized spacial score (nSPS) is 22.8. The Bertz CT molecular complexity index is 878. The van der Waals surface area contributed by atoms with Gasteiger partial charge in [-0.3, -0.25) is 4.79 Å². The number of fused-ring (bicyclic) bond motifs is 1. The van der Waals surface area contributed by atoms with Crippen LogP contribution in [0.1, 0.15) is 43.7 Å². The van der Waals surface area contributed by atoms with Gasteiger partial charge >= 0.3 is 0 Å². The minimum Gasteiger partial charge on any atom is -0.483 e. The second-order valence-corrected chi connectivity index (χ2v) is 7.89. The smallest absolute Gasteiger partial charge is 0.261 e. The van der Waals surface area contributed by atoms with Gasteiger partial charge in [0.25, 0.3) is 5.91 Å². The highest BCUT2D eigenvalue weighted by molar-refractivity contribution is 5.78. The average Bonchev–Trinajstić information content (AvgIpc) is 3.34. The van der Waals surface area contributed by atoms with Crippen LogP contribution < -0.4 is 9.47 Å². The number of rotatable bonds is 5. The van der Waals surface area contributed by atoms with Crippen molar-refractivity contribution in [2.24, 2.45) is 0 Å². The van der Waals surface area contributed by atoms with E-state index in [2.05, 4.69) is 10.2 Å². The number of likely N-dealkylation sites (tertiary alicyclic amines) is 1. The van der Waals surface area contributed by atoms with Gasteiger partial charge in [-0.2, -0.15) is 0 Å². The van der Waals surface area contributed by atoms with Crippen LogP contribution in [-0.2, 0) is 16.0 Å². The fourth-order valence-electron chi connectivity index (χ4n) is 3.85. The van der Waals surface area contributed by atoms with Gasteiger partial charge in [0.05, 0.1) is 6.10 Å². The molecule has 0 aliphatic carbocycles. The summed E-state index contributed by atoms with van der Waals surface area (Å²) in [6, 6.07) is 5.47. The van der Waals surface area contributed by atoms with Crippen LogP contribution in [-0.4, -0.2) is 53.0 Å². The quantitative estimate of drug-likeness (QED) is 0.779. The van der Waals surface area contributed by atoms with E-state index in [0.29, 0.717) is 30.5 Å². The monoisotopic (exact) mass is 387 g/mol. The van der Waals surface area contributed by atoms with Crippen molar-refractivity contribution in [2.45, 2.75) is 51.4 Å². The zero-order chi connectivity index (χ0) is 19.9. The molecule has 0 spiro atoms. The van der Waals surface area contributed by atoms with E-state index in [1.54, 1.807) is 18.9 Å². The fraction of sp³-hybridized carbons (Fsp3) is 0.550. The molecule has 0 radical (unpaired) electrons. The molecule has 4 rings (SSSR count). The molecule has 0 saturated carbocycles. The van der Waals surface area contributed by atoms with Gasteiger partial charge in [-0.25, -0.2) is 0 Å². The molecule has 1 fully saturated rings. The number of nitrogens with zero attached hydrogens (tertiary/aromatic N) is 3. The second kappa shape index (κ2) is 7.09. The first-order valence-electron chi connectivity index (χ1n) is 9.42. The van der Waals surface area contributed by atoms with Crippen LogP contribution >= 0.6 is 0 Å². The van der Waals surface area contributed by atoms with Crippen molar-refractivity contribution in [3.8, 4) is 11.5 Å². The molecule has 2 aliphatic heterocycles. The Morgan fingerprint density at radius 1 is 1.36 bits per heavy atom. The highest BCUT2D eigenvalue weighted by Crippen LogP contribution is 2.42. The molecule has 0 bridgehead atoms. The number of carbonyl (C=O) groups excluding carboxylic acids is 1. The van der Waals surface area contributed by atoms with E-state index in [9.17, 15) is 4.79 Å². The lowest BCUT2D eigenvalue weighted by Gasteiger charge is -2.22. The lowest BCUT2D eigenvalue weighted by molar-refractivity contribution is -0.135. The number of amides is 1. The van der Waals surface area contributed by atoms with Crippen molar-refractivity contribution in [3.63, 3.8) is 0 Å². The molecule has 2 aliphatic rings. The molecule has 150 valence electrons. The first kappa shape index (κ1) is 18.7. The zero-order valence-corrected chi connectivity index (χ0v) is 16.6. The van der Waals surface area contributed by atoms with Crippen LogP contribution in [0.2, 0.25) is 0 Å². The number of hydrogen-bond acceptors (Lipinski definition) is 7. The van der Waals surface area contributed by atoms with Crippen molar-refractivity contribution in [1.82, 2.24) is 15.1 Å². The number of methoxy groups -OCH3 is 1. The molecule has 28 heavy (non-hydrogen) atoms. The Hall–Kier alpha value is -2.61. The Kier molecular flexibility index (Phi) is 4.74. The van der Waals surface area contributed by atoms with Crippen molar-refractivity contribution in [1.29, 1.82) is 0 Å². The van der Waals surface area contributed by atoms with Gasteiger partial charge < -0.3 is 23.5 Å². The lowest BCUT2D eigenvalue weighted by atomic mass is 10.0. The van der Waals surface area contributed by atoms with Crippen LogP contribution in [0, 0.1) is 6.92 Å². The Morgan fingerprint density at radius 3 is 2.89 bits per heavy atom. The van der Waals surface area contributed by atoms with Crippen molar-refractivity contribution < 1.29 is 23.4 Å². The maximum atomic E-state index is 12.9. The molecule has 1 saturated heterocycles. The molecule has 1 amide bonds. The van der Waals surface area contributed by atoms with Crippen LogP contribution in [0.25, 0.3) is 0 Å². The molecule has 3 heterocycles. The summed E-state index contributed by atoms with van der Waals surface area (Å²) in [7, 11) is 1.64. The number of aryl methyl sites for hydroxylation is 1. The van der Waals surface area contributed by atoms with Crippen molar-refractivity contribution in [2.75, 3.05) is 20.3 Å². The molecule has 1 aromatic heterocycles. The predicted molar refractivity (Wildman–Crippen MR) is 99.3 cm³/mol. The largest absolute Gasteiger partial charge is 0.483 e. The molecule has 8 nitrogen and oxygen atoms in total. The third-order valence-electron chi connectivity index (χ3n) is 5.15. The molecule has 1 aromatic carbocycles. The maximum absolute atomic E-state index is 12.9. The molecule has 0 N–H and O–H groups in total. The summed E-state index contributed by atoms with van der Waals surface area (Å²) in [5.41, 5.74) is 0.822. The van der Waals surface area contributed by atoms with E-state index in [4.69, 9.17) is 18.6 Å². The average molecular weight is 387 g/mol. The van der Waals surface area contributed by atoms with E-state index in [-0.39, 0.29) is 30.3 Å². The van der Waals surface area contributed by atoms with Gasteiger partial charge in [0.1, 0.15) is 11.6 Å². The summed E-state index contributed by atoms with van der Waals surface area (Å²) in [5.74, 6) is 2.05. The van der Waals surface area contributed by atoms with Gasteiger partial charge in [-0.05, 0) is 19.9 Å². The third kappa shape index (κ3) is 3.56. The summed E-state index contributed by atoms with van der Waals surface area (Å²) in [4.78, 5) is 14.6. The lowest BCUT2D eigenvalue weighted by Crippen LogP contribution is -2.35. The molecule has 2 aromatic rings. The SMILES string of the molecule is CO[C@@H]1C[C@H](c2nnc(C)o2)N(C(=O)COc2cccc3c2OC(C)(C)C3)C1. The van der Waals surface area contributed by atoms with Crippen LogP contribution in [0.4, 0.5) is 0 Å². The minimum absolute atomic E-state index is 0.0775. The molecule has 0 unspecified atom stereocenters. The van der Waals surface area contributed by atoms with Gasteiger partial charge in [0.2, 0.25) is 11.8 Å². The second-order valence-electron chi connectivity index (χ2n) is 7.89. The van der Waals surface area contributed by atoms with E-state index < -0.39 is 0 Å². The highest BCUT2D eigenvalue weighted by Gasteiger charge is 2.40. The van der Waals surface area contributed by atoms with E-state index in [0.717, 1.165) is 17.7 Å². The van der Waals surface area contributed by atoms with Crippen molar-refractivity contribution in [3.05, 3.63) is 35.5 Å². The first-order chi connectivity index (χ1) is 13.4.